The van der Waals surface area contributed by atoms with Crippen molar-refractivity contribution in [2.45, 2.75) is 39.2 Å². The van der Waals surface area contributed by atoms with Crippen molar-refractivity contribution in [3.63, 3.8) is 0 Å². The normalized spacial score (nSPS) is 16.9. The van der Waals surface area contributed by atoms with Crippen LogP contribution in [-0.2, 0) is 6.42 Å². The highest BCUT2D eigenvalue weighted by Crippen LogP contribution is 2.35. The molecular formula is C14H19N3OS. The first-order valence-electron chi connectivity index (χ1n) is 6.90. The molecule has 1 saturated heterocycles. The molecule has 4 nitrogen and oxygen atoms in total. The second-order valence-corrected chi connectivity index (χ2v) is 6.12. The molecule has 102 valence electrons. The van der Waals surface area contributed by atoms with E-state index in [0.717, 1.165) is 48.4 Å². The van der Waals surface area contributed by atoms with Gasteiger partial charge in [0.25, 0.3) is 0 Å². The van der Waals surface area contributed by atoms with Crippen LogP contribution < -0.4 is 10.1 Å². The van der Waals surface area contributed by atoms with Crippen LogP contribution in [0.25, 0.3) is 10.2 Å². The van der Waals surface area contributed by atoms with E-state index < -0.39 is 0 Å². The fourth-order valence-corrected chi connectivity index (χ4v) is 3.73. The van der Waals surface area contributed by atoms with Crippen molar-refractivity contribution in [2.24, 2.45) is 0 Å². The number of rotatable bonds is 3. The highest BCUT2D eigenvalue weighted by molar-refractivity contribution is 7.18. The van der Waals surface area contributed by atoms with Crippen LogP contribution in [0.3, 0.4) is 0 Å². The van der Waals surface area contributed by atoms with Gasteiger partial charge in [-0.2, -0.15) is 0 Å². The Morgan fingerprint density at radius 3 is 2.89 bits per heavy atom. The van der Waals surface area contributed by atoms with Crippen molar-refractivity contribution >= 4 is 21.6 Å². The molecule has 0 saturated carbocycles. The fourth-order valence-electron chi connectivity index (χ4n) is 2.66. The van der Waals surface area contributed by atoms with Gasteiger partial charge in [0.15, 0.2) is 0 Å². The van der Waals surface area contributed by atoms with E-state index >= 15 is 0 Å². The molecule has 0 atom stereocenters. The lowest BCUT2D eigenvalue weighted by molar-refractivity contribution is 0.158. The Labute approximate surface area is 117 Å². The SMILES string of the molecule is CCc1c(C)sc2ncnc(OC3CCNCC3)c12. The van der Waals surface area contributed by atoms with E-state index in [9.17, 15) is 0 Å². The van der Waals surface area contributed by atoms with Gasteiger partial charge in [0.05, 0.1) is 5.39 Å². The molecule has 2 aromatic rings. The van der Waals surface area contributed by atoms with Gasteiger partial charge >= 0.3 is 0 Å². The van der Waals surface area contributed by atoms with E-state index in [0.29, 0.717) is 0 Å². The Morgan fingerprint density at radius 1 is 1.37 bits per heavy atom. The average Bonchev–Trinajstić information content (AvgIpc) is 2.76. The summed E-state index contributed by atoms with van der Waals surface area (Å²) in [5, 5.41) is 4.48. The van der Waals surface area contributed by atoms with Crippen LogP contribution in [0.5, 0.6) is 5.88 Å². The average molecular weight is 277 g/mol. The number of fused-ring (bicyclic) bond motifs is 1. The number of thiophene rings is 1. The second kappa shape index (κ2) is 5.43. The molecular weight excluding hydrogens is 258 g/mol. The zero-order valence-electron chi connectivity index (χ0n) is 11.4. The molecule has 0 aromatic carbocycles. The first kappa shape index (κ1) is 12.8. The zero-order valence-corrected chi connectivity index (χ0v) is 12.2. The Hall–Kier alpha value is -1.20. The summed E-state index contributed by atoms with van der Waals surface area (Å²) in [5.74, 6) is 0.776. The lowest BCUT2D eigenvalue weighted by Gasteiger charge is -2.23. The molecule has 1 fully saturated rings. The van der Waals surface area contributed by atoms with Gasteiger partial charge in [-0.3, -0.25) is 0 Å². The summed E-state index contributed by atoms with van der Waals surface area (Å²) in [6, 6.07) is 0. The van der Waals surface area contributed by atoms with Crippen LogP contribution >= 0.6 is 11.3 Å². The molecule has 0 spiro atoms. The third kappa shape index (κ3) is 2.44. The van der Waals surface area contributed by atoms with Crippen molar-refractivity contribution in [2.75, 3.05) is 13.1 Å². The summed E-state index contributed by atoms with van der Waals surface area (Å²) in [7, 11) is 0. The number of aryl methyl sites for hydroxylation is 2. The van der Waals surface area contributed by atoms with E-state index in [1.807, 2.05) is 0 Å². The number of aromatic nitrogens is 2. The molecule has 2 aromatic heterocycles. The van der Waals surface area contributed by atoms with E-state index in [-0.39, 0.29) is 6.10 Å². The maximum absolute atomic E-state index is 6.14. The number of nitrogens with zero attached hydrogens (tertiary/aromatic N) is 2. The van der Waals surface area contributed by atoms with Gasteiger partial charge in [0.2, 0.25) is 5.88 Å². The van der Waals surface area contributed by atoms with E-state index in [2.05, 4.69) is 29.1 Å². The maximum Gasteiger partial charge on any atom is 0.225 e. The number of nitrogens with one attached hydrogen (secondary N) is 1. The molecule has 0 amide bonds. The zero-order chi connectivity index (χ0) is 13.2. The summed E-state index contributed by atoms with van der Waals surface area (Å²) in [6.07, 6.45) is 5.01. The molecule has 19 heavy (non-hydrogen) atoms. The minimum Gasteiger partial charge on any atom is -0.474 e. The second-order valence-electron chi connectivity index (χ2n) is 4.92. The molecule has 0 unspecified atom stereocenters. The quantitative estimate of drug-likeness (QED) is 0.937. The van der Waals surface area contributed by atoms with Gasteiger partial charge in [-0.1, -0.05) is 6.92 Å². The Bertz CT molecular complexity index is 575. The van der Waals surface area contributed by atoms with Crippen molar-refractivity contribution < 1.29 is 4.74 Å². The molecule has 1 aliphatic heterocycles. The van der Waals surface area contributed by atoms with Crippen molar-refractivity contribution in [3.8, 4) is 5.88 Å². The third-order valence-corrected chi connectivity index (χ3v) is 4.73. The predicted molar refractivity (Wildman–Crippen MR) is 78.0 cm³/mol. The van der Waals surface area contributed by atoms with Crippen LogP contribution in [0.1, 0.15) is 30.2 Å². The van der Waals surface area contributed by atoms with Gasteiger partial charge in [0, 0.05) is 4.88 Å². The van der Waals surface area contributed by atoms with E-state index in [1.54, 1.807) is 17.7 Å². The summed E-state index contributed by atoms with van der Waals surface area (Å²) in [6.45, 7) is 6.39. The summed E-state index contributed by atoms with van der Waals surface area (Å²) in [5.41, 5.74) is 1.34. The molecule has 1 aliphatic rings. The van der Waals surface area contributed by atoms with Gasteiger partial charge in [-0.25, -0.2) is 9.97 Å². The van der Waals surface area contributed by atoms with Crippen LogP contribution in [0.15, 0.2) is 6.33 Å². The first-order chi connectivity index (χ1) is 9.29. The van der Waals surface area contributed by atoms with E-state index in [1.165, 1.54) is 10.4 Å². The third-order valence-electron chi connectivity index (χ3n) is 3.67. The number of hydrogen-bond donors (Lipinski definition) is 1. The lowest BCUT2D eigenvalue weighted by atomic mass is 10.1. The summed E-state index contributed by atoms with van der Waals surface area (Å²) < 4.78 is 6.14. The topological polar surface area (TPSA) is 47.0 Å². The molecule has 0 aliphatic carbocycles. The molecule has 0 bridgehead atoms. The van der Waals surface area contributed by atoms with Crippen molar-refractivity contribution in [1.82, 2.24) is 15.3 Å². The Morgan fingerprint density at radius 2 is 2.16 bits per heavy atom. The van der Waals surface area contributed by atoms with Crippen LogP contribution in [0.4, 0.5) is 0 Å². The number of ether oxygens (including phenoxy) is 1. The number of piperidine rings is 1. The number of hydrogen-bond acceptors (Lipinski definition) is 5. The fraction of sp³-hybridized carbons (Fsp3) is 0.571. The van der Waals surface area contributed by atoms with Gasteiger partial charge in [-0.05, 0) is 44.8 Å². The van der Waals surface area contributed by atoms with Crippen LogP contribution in [0, 0.1) is 6.92 Å². The lowest BCUT2D eigenvalue weighted by Crippen LogP contribution is -2.34. The molecule has 3 rings (SSSR count). The van der Waals surface area contributed by atoms with Crippen LogP contribution in [0.2, 0.25) is 0 Å². The minimum atomic E-state index is 0.282. The minimum absolute atomic E-state index is 0.282. The van der Waals surface area contributed by atoms with E-state index in [4.69, 9.17) is 4.74 Å². The summed E-state index contributed by atoms with van der Waals surface area (Å²) in [4.78, 5) is 11.1. The molecule has 3 heterocycles. The summed E-state index contributed by atoms with van der Waals surface area (Å²) >= 11 is 1.74. The van der Waals surface area contributed by atoms with Crippen molar-refractivity contribution in [1.29, 1.82) is 0 Å². The van der Waals surface area contributed by atoms with Gasteiger partial charge in [0.1, 0.15) is 17.3 Å². The first-order valence-corrected chi connectivity index (χ1v) is 7.71. The molecule has 5 heteroatoms. The molecule has 1 N–H and O–H groups in total. The standard InChI is InChI=1S/C14H19N3OS/c1-3-11-9(2)19-14-12(11)13(16-8-17-14)18-10-4-6-15-7-5-10/h8,10,15H,3-7H2,1-2H3. The highest BCUT2D eigenvalue weighted by atomic mass is 32.1. The Kier molecular flexibility index (Phi) is 3.66. The highest BCUT2D eigenvalue weighted by Gasteiger charge is 2.19. The molecule has 0 radical (unpaired) electrons. The maximum atomic E-state index is 6.14. The monoisotopic (exact) mass is 277 g/mol. The van der Waals surface area contributed by atoms with Crippen molar-refractivity contribution in [3.05, 3.63) is 16.8 Å². The predicted octanol–water partition coefficient (Wildman–Crippen LogP) is 2.69. The Balaban J connectivity index is 1.97. The van der Waals surface area contributed by atoms with Crippen LogP contribution in [-0.4, -0.2) is 29.2 Å². The van der Waals surface area contributed by atoms with Gasteiger partial charge in [-0.15, -0.1) is 11.3 Å². The smallest absolute Gasteiger partial charge is 0.225 e. The van der Waals surface area contributed by atoms with Gasteiger partial charge < -0.3 is 10.1 Å². The largest absolute Gasteiger partial charge is 0.474 e.